The Morgan fingerprint density at radius 3 is 1.40 bits per heavy atom. The first-order valence-electron chi connectivity index (χ1n) is 5.78. The number of hydrogen-bond donors (Lipinski definition) is 2. The van der Waals surface area contributed by atoms with Gasteiger partial charge in [0.1, 0.15) is 11.5 Å². The van der Waals surface area contributed by atoms with Crippen LogP contribution in [0.15, 0.2) is 24.3 Å². The molecule has 6 nitrogen and oxygen atoms in total. The fourth-order valence-electron chi connectivity index (χ4n) is 2.18. The van der Waals surface area contributed by atoms with Gasteiger partial charge >= 0.3 is 0 Å². The highest BCUT2D eigenvalue weighted by molar-refractivity contribution is 6.08. The van der Waals surface area contributed by atoms with E-state index in [1.807, 2.05) is 0 Å². The lowest BCUT2D eigenvalue weighted by molar-refractivity contribution is 0.0988. The summed E-state index contributed by atoms with van der Waals surface area (Å²) in [6.07, 6.45) is 0. The van der Waals surface area contributed by atoms with E-state index < -0.39 is 11.8 Å². The number of rotatable bonds is 4. The first-order chi connectivity index (χ1) is 9.51. The third-order valence-electron chi connectivity index (χ3n) is 3.04. The third kappa shape index (κ3) is 2.01. The quantitative estimate of drug-likeness (QED) is 0.869. The molecule has 0 unspecified atom stereocenters. The Morgan fingerprint density at radius 2 is 1.15 bits per heavy atom. The van der Waals surface area contributed by atoms with Gasteiger partial charge in [-0.05, 0) is 24.3 Å². The van der Waals surface area contributed by atoms with E-state index in [2.05, 4.69) is 0 Å². The zero-order chi connectivity index (χ0) is 14.9. The van der Waals surface area contributed by atoms with Gasteiger partial charge in [0.2, 0.25) is 0 Å². The molecule has 0 radical (unpaired) electrons. The lowest BCUT2D eigenvalue weighted by Crippen LogP contribution is -2.14. The van der Waals surface area contributed by atoms with Crippen molar-refractivity contribution in [3.63, 3.8) is 0 Å². The Hall–Kier alpha value is -2.76. The summed E-state index contributed by atoms with van der Waals surface area (Å²) in [7, 11) is 2.88. The second kappa shape index (κ2) is 5.08. The van der Waals surface area contributed by atoms with E-state index in [1.165, 1.54) is 26.4 Å². The minimum Gasteiger partial charge on any atom is -0.495 e. The van der Waals surface area contributed by atoms with E-state index in [9.17, 15) is 9.59 Å². The number of primary amides is 2. The largest absolute Gasteiger partial charge is 0.495 e. The minimum atomic E-state index is -0.596. The van der Waals surface area contributed by atoms with Crippen LogP contribution in [0.5, 0.6) is 11.5 Å². The molecule has 2 aromatic carbocycles. The topological polar surface area (TPSA) is 105 Å². The van der Waals surface area contributed by atoms with Gasteiger partial charge in [-0.3, -0.25) is 9.59 Å². The van der Waals surface area contributed by atoms with Gasteiger partial charge in [0.25, 0.3) is 11.8 Å². The Labute approximate surface area is 115 Å². The molecule has 20 heavy (non-hydrogen) atoms. The number of fused-ring (bicyclic) bond motifs is 1. The second-order valence-electron chi connectivity index (χ2n) is 4.12. The van der Waals surface area contributed by atoms with Crippen LogP contribution < -0.4 is 20.9 Å². The molecule has 0 atom stereocenters. The average Bonchev–Trinajstić information content (AvgIpc) is 2.43. The van der Waals surface area contributed by atoms with Gasteiger partial charge in [0, 0.05) is 10.8 Å². The Balaban J connectivity index is 2.88. The van der Waals surface area contributed by atoms with Crippen molar-refractivity contribution in [2.45, 2.75) is 0 Å². The van der Waals surface area contributed by atoms with Gasteiger partial charge in [0.15, 0.2) is 0 Å². The van der Waals surface area contributed by atoms with Crippen LogP contribution >= 0.6 is 0 Å². The van der Waals surface area contributed by atoms with Crippen LogP contribution in [0.4, 0.5) is 0 Å². The van der Waals surface area contributed by atoms with Crippen LogP contribution in [-0.4, -0.2) is 26.0 Å². The molecule has 2 aromatic rings. The molecule has 2 rings (SSSR count). The lowest BCUT2D eigenvalue weighted by Gasteiger charge is -2.14. The normalized spacial score (nSPS) is 10.3. The molecule has 0 bridgehead atoms. The van der Waals surface area contributed by atoms with E-state index in [4.69, 9.17) is 20.9 Å². The first kappa shape index (κ1) is 13.7. The van der Waals surface area contributed by atoms with Gasteiger partial charge < -0.3 is 20.9 Å². The Kier molecular flexibility index (Phi) is 3.47. The predicted molar refractivity (Wildman–Crippen MR) is 74.1 cm³/mol. The predicted octanol–water partition coefficient (Wildman–Crippen LogP) is 1.05. The summed E-state index contributed by atoms with van der Waals surface area (Å²) < 4.78 is 10.5. The van der Waals surface area contributed by atoms with Crippen LogP contribution in [0.1, 0.15) is 20.7 Å². The minimum absolute atomic E-state index is 0.258. The Bertz CT molecular complexity index is 649. The van der Waals surface area contributed by atoms with E-state index in [0.29, 0.717) is 22.3 Å². The zero-order valence-electron chi connectivity index (χ0n) is 11.1. The summed E-state index contributed by atoms with van der Waals surface area (Å²) in [5.74, 6) is -0.517. The highest BCUT2D eigenvalue weighted by atomic mass is 16.5. The fourth-order valence-corrected chi connectivity index (χ4v) is 2.18. The van der Waals surface area contributed by atoms with Crippen LogP contribution in [0.3, 0.4) is 0 Å². The standard InChI is InChI=1S/C14H14N2O4/c1-19-11-7-3-6-10(14(16)18)12(20-2)8(7)4-5-9(11)13(15)17/h3-6H,1-2H3,(H2,15,17)(H2,16,18). The van der Waals surface area contributed by atoms with Gasteiger partial charge in [-0.15, -0.1) is 0 Å². The molecule has 0 fully saturated rings. The maximum atomic E-state index is 11.4. The summed E-state index contributed by atoms with van der Waals surface area (Å²) in [4.78, 5) is 22.8. The van der Waals surface area contributed by atoms with E-state index in [0.717, 1.165) is 0 Å². The summed E-state index contributed by atoms with van der Waals surface area (Å²) in [6.45, 7) is 0. The van der Waals surface area contributed by atoms with E-state index in [-0.39, 0.29) is 11.1 Å². The van der Waals surface area contributed by atoms with Crippen LogP contribution in [0, 0.1) is 0 Å². The smallest absolute Gasteiger partial charge is 0.252 e. The highest BCUT2D eigenvalue weighted by Crippen LogP contribution is 2.36. The summed E-state index contributed by atoms with van der Waals surface area (Å²) in [6, 6.07) is 6.33. The maximum Gasteiger partial charge on any atom is 0.252 e. The molecule has 6 heteroatoms. The first-order valence-corrected chi connectivity index (χ1v) is 5.78. The number of nitrogens with two attached hydrogens (primary N) is 2. The number of ether oxygens (including phenoxy) is 2. The molecule has 0 aliphatic heterocycles. The van der Waals surface area contributed by atoms with Crippen molar-refractivity contribution in [1.29, 1.82) is 0 Å². The van der Waals surface area contributed by atoms with Crippen molar-refractivity contribution in [3.8, 4) is 11.5 Å². The molecule has 4 N–H and O–H groups in total. The van der Waals surface area contributed by atoms with Gasteiger partial charge in [0.05, 0.1) is 25.3 Å². The second-order valence-corrected chi connectivity index (χ2v) is 4.12. The van der Waals surface area contributed by atoms with Gasteiger partial charge in [-0.1, -0.05) is 0 Å². The summed E-state index contributed by atoms with van der Waals surface area (Å²) in [5, 5.41) is 1.23. The van der Waals surface area contributed by atoms with E-state index in [1.54, 1.807) is 12.1 Å². The number of hydrogen-bond acceptors (Lipinski definition) is 4. The van der Waals surface area contributed by atoms with Crippen LogP contribution in [0.25, 0.3) is 10.8 Å². The van der Waals surface area contributed by atoms with Crippen molar-refractivity contribution >= 4 is 22.6 Å². The number of carbonyl (C=O) groups is 2. The number of carbonyl (C=O) groups excluding carboxylic acids is 2. The van der Waals surface area contributed by atoms with E-state index >= 15 is 0 Å². The molecule has 0 saturated heterocycles. The van der Waals surface area contributed by atoms with Crippen molar-refractivity contribution < 1.29 is 19.1 Å². The molecule has 0 spiro atoms. The van der Waals surface area contributed by atoms with Crippen LogP contribution in [-0.2, 0) is 0 Å². The molecular formula is C14H14N2O4. The maximum absolute atomic E-state index is 11.4. The van der Waals surface area contributed by atoms with Crippen molar-refractivity contribution in [2.75, 3.05) is 14.2 Å². The molecular weight excluding hydrogens is 260 g/mol. The molecule has 0 aliphatic carbocycles. The molecule has 0 aliphatic rings. The lowest BCUT2D eigenvalue weighted by atomic mass is 10.0. The molecule has 104 valence electrons. The fraction of sp³-hybridized carbons (Fsp3) is 0.143. The molecule has 0 heterocycles. The number of amides is 2. The van der Waals surface area contributed by atoms with Crippen molar-refractivity contribution in [2.24, 2.45) is 11.5 Å². The SMILES string of the molecule is COc1c(C(N)=O)ccc2c(OC)c(C(N)=O)ccc12. The summed E-state index contributed by atoms with van der Waals surface area (Å²) in [5.41, 5.74) is 11.1. The van der Waals surface area contributed by atoms with Crippen molar-refractivity contribution in [3.05, 3.63) is 35.4 Å². The third-order valence-corrected chi connectivity index (χ3v) is 3.04. The molecule has 0 aromatic heterocycles. The van der Waals surface area contributed by atoms with Gasteiger partial charge in [-0.2, -0.15) is 0 Å². The number of benzene rings is 2. The monoisotopic (exact) mass is 274 g/mol. The molecule has 0 saturated carbocycles. The van der Waals surface area contributed by atoms with Gasteiger partial charge in [-0.25, -0.2) is 0 Å². The highest BCUT2D eigenvalue weighted by Gasteiger charge is 2.18. The molecule has 2 amide bonds. The number of methoxy groups -OCH3 is 2. The summed E-state index contributed by atoms with van der Waals surface area (Å²) >= 11 is 0. The Morgan fingerprint density at radius 1 is 0.800 bits per heavy atom. The van der Waals surface area contributed by atoms with Crippen LogP contribution in [0.2, 0.25) is 0 Å². The average molecular weight is 274 g/mol. The zero-order valence-corrected chi connectivity index (χ0v) is 11.1. The van der Waals surface area contributed by atoms with Crippen molar-refractivity contribution in [1.82, 2.24) is 0 Å².